The van der Waals surface area contributed by atoms with Crippen molar-refractivity contribution in [3.63, 3.8) is 0 Å². The zero-order valence-corrected chi connectivity index (χ0v) is 14.7. The number of halogens is 1. The molecule has 3 rings (SSSR count). The molecule has 1 amide bonds. The molecule has 0 saturated heterocycles. The van der Waals surface area contributed by atoms with E-state index in [1.165, 1.54) is 35.6 Å². The topological polar surface area (TPSA) is 67.2 Å². The first-order valence-electron chi connectivity index (χ1n) is 7.78. The molecule has 0 spiro atoms. The van der Waals surface area contributed by atoms with Crippen LogP contribution in [0.4, 0.5) is 4.39 Å². The van der Waals surface area contributed by atoms with Gasteiger partial charge in [-0.25, -0.2) is 9.37 Å². The van der Waals surface area contributed by atoms with Crippen LogP contribution in [0.25, 0.3) is 5.13 Å². The van der Waals surface area contributed by atoms with Gasteiger partial charge in [-0.3, -0.25) is 9.36 Å². The van der Waals surface area contributed by atoms with Crippen LogP contribution in [-0.2, 0) is 0 Å². The summed E-state index contributed by atoms with van der Waals surface area (Å²) in [5.41, 5.74) is 2.80. The number of aromatic nitrogens is 2. The van der Waals surface area contributed by atoms with E-state index in [0.29, 0.717) is 11.1 Å². The summed E-state index contributed by atoms with van der Waals surface area (Å²) in [6.07, 6.45) is 0.824. The minimum Gasteiger partial charge on any atom is -0.387 e. The maximum atomic E-state index is 12.9. The Morgan fingerprint density at radius 2 is 2.08 bits per heavy atom. The number of aryl methyl sites for hydroxylation is 1. The summed E-state index contributed by atoms with van der Waals surface area (Å²) in [7, 11) is 0. The number of hydrogen-bond acceptors (Lipinski definition) is 4. The van der Waals surface area contributed by atoms with Crippen molar-refractivity contribution in [2.75, 3.05) is 6.54 Å². The third-order valence-electron chi connectivity index (χ3n) is 4.00. The number of benzene rings is 1. The average Bonchev–Trinajstić information content (AvgIpc) is 3.21. The lowest BCUT2D eigenvalue weighted by Gasteiger charge is -2.12. The van der Waals surface area contributed by atoms with Gasteiger partial charge in [-0.15, -0.1) is 11.3 Å². The van der Waals surface area contributed by atoms with Crippen LogP contribution < -0.4 is 5.32 Å². The third kappa shape index (κ3) is 3.62. The van der Waals surface area contributed by atoms with Crippen molar-refractivity contribution in [2.24, 2.45) is 0 Å². The number of aliphatic hydroxyl groups excluding tert-OH is 1. The molecule has 0 bridgehead atoms. The fourth-order valence-electron chi connectivity index (χ4n) is 2.70. The summed E-state index contributed by atoms with van der Waals surface area (Å²) in [5.74, 6) is -0.633. The maximum Gasteiger partial charge on any atom is 0.253 e. The van der Waals surface area contributed by atoms with Gasteiger partial charge in [0.2, 0.25) is 0 Å². The van der Waals surface area contributed by atoms with Crippen molar-refractivity contribution in [3.8, 4) is 5.13 Å². The van der Waals surface area contributed by atoms with Crippen molar-refractivity contribution >= 4 is 17.2 Å². The normalized spacial score (nSPS) is 12.2. The van der Waals surface area contributed by atoms with Crippen LogP contribution in [0.15, 0.2) is 41.9 Å². The van der Waals surface area contributed by atoms with Crippen molar-refractivity contribution in [3.05, 3.63) is 70.2 Å². The minimum absolute atomic E-state index is 0.0470. The molecule has 5 nitrogen and oxygen atoms in total. The first-order valence-corrected chi connectivity index (χ1v) is 8.66. The fourth-order valence-corrected chi connectivity index (χ4v) is 3.45. The van der Waals surface area contributed by atoms with Gasteiger partial charge in [0, 0.05) is 29.5 Å². The molecule has 0 aliphatic heterocycles. The van der Waals surface area contributed by atoms with Crippen LogP contribution >= 0.6 is 11.3 Å². The smallest absolute Gasteiger partial charge is 0.253 e. The van der Waals surface area contributed by atoms with Crippen molar-refractivity contribution < 1.29 is 14.3 Å². The summed E-state index contributed by atoms with van der Waals surface area (Å²) in [6, 6.07) is 7.36. The van der Waals surface area contributed by atoms with E-state index in [1.807, 2.05) is 23.8 Å². The van der Waals surface area contributed by atoms with E-state index in [-0.39, 0.29) is 18.3 Å². The molecule has 2 N–H and O–H groups in total. The highest BCUT2D eigenvalue weighted by atomic mass is 32.1. The molecular formula is C18H18FN3O2S. The van der Waals surface area contributed by atoms with Gasteiger partial charge in [-0.05, 0) is 37.6 Å². The van der Waals surface area contributed by atoms with E-state index < -0.39 is 6.10 Å². The van der Waals surface area contributed by atoms with Crippen molar-refractivity contribution in [2.45, 2.75) is 20.0 Å². The largest absolute Gasteiger partial charge is 0.387 e. The lowest BCUT2D eigenvalue weighted by atomic mass is 10.1. The Balaban J connectivity index is 1.72. The fraction of sp³-hybridized carbons (Fsp3) is 0.222. The van der Waals surface area contributed by atoms with E-state index >= 15 is 0 Å². The Kier molecular flexibility index (Phi) is 4.96. The average molecular weight is 359 g/mol. The summed E-state index contributed by atoms with van der Waals surface area (Å²) in [5, 5.41) is 15.5. The molecule has 2 heterocycles. The molecule has 25 heavy (non-hydrogen) atoms. The monoisotopic (exact) mass is 359 g/mol. The molecule has 0 saturated carbocycles. The molecule has 0 aliphatic rings. The summed E-state index contributed by atoms with van der Waals surface area (Å²) in [6.45, 7) is 3.82. The zero-order valence-electron chi connectivity index (χ0n) is 13.9. The van der Waals surface area contributed by atoms with E-state index in [1.54, 1.807) is 12.3 Å². The second-order valence-electron chi connectivity index (χ2n) is 5.71. The van der Waals surface area contributed by atoms with Gasteiger partial charge >= 0.3 is 0 Å². The number of rotatable bonds is 5. The number of amides is 1. The highest BCUT2D eigenvalue weighted by Gasteiger charge is 2.18. The van der Waals surface area contributed by atoms with Crippen LogP contribution in [0.5, 0.6) is 0 Å². The number of carbonyl (C=O) groups is 1. The number of thiazole rings is 1. The van der Waals surface area contributed by atoms with Gasteiger partial charge in [0.25, 0.3) is 5.91 Å². The molecule has 1 atom stereocenters. The van der Waals surface area contributed by atoms with Gasteiger partial charge < -0.3 is 10.4 Å². The highest BCUT2D eigenvalue weighted by molar-refractivity contribution is 7.12. The van der Waals surface area contributed by atoms with Crippen LogP contribution in [0, 0.1) is 19.7 Å². The Hall–Kier alpha value is -2.51. The van der Waals surface area contributed by atoms with Crippen LogP contribution in [0.3, 0.4) is 0 Å². The first-order chi connectivity index (χ1) is 12.0. The lowest BCUT2D eigenvalue weighted by Crippen LogP contribution is -2.28. The van der Waals surface area contributed by atoms with Gasteiger partial charge in [-0.2, -0.15) is 0 Å². The van der Waals surface area contributed by atoms with Crippen LogP contribution in [0.1, 0.15) is 33.4 Å². The number of carbonyl (C=O) groups excluding carboxylic acids is 1. The molecule has 3 aromatic rings. The summed E-state index contributed by atoms with van der Waals surface area (Å²) < 4.78 is 14.9. The molecule has 2 aromatic heterocycles. The van der Waals surface area contributed by atoms with E-state index in [0.717, 1.165) is 16.5 Å². The summed E-state index contributed by atoms with van der Waals surface area (Å²) in [4.78, 5) is 16.8. The van der Waals surface area contributed by atoms with E-state index in [9.17, 15) is 14.3 Å². The van der Waals surface area contributed by atoms with Crippen LogP contribution in [-0.4, -0.2) is 27.1 Å². The molecule has 1 aromatic carbocycles. The van der Waals surface area contributed by atoms with E-state index in [4.69, 9.17) is 0 Å². The van der Waals surface area contributed by atoms with Crippen LogP contribution in [0.2, 0.25) is 0 Å². The van der Waals surface area contributed by atoms with Crippen molar-refractivity contribution in [1.82, 2.24) is 14.9 Å². The molecule has 0 fully saturated rings. The molecule has 0 aliphatic carbocycles. The number of hydrogen-bond donors (Lipinski definition) is 2. The molecule has 7 heteroatoms. The standard InChI is InChI=1S/C18H18FN3O2S/c1-11-9-15(12(2)22(11)18-20-7-8-25-18)17(24)21-10-16(23)13-3-5-14(19)6-4-13/h3-9,16,23H,10H2,1-2H3,(H,21,24). The molecule has 1 unspecified atom stereocenters. The second-order valence-corrected chi connectivity index (χ2v) is 6.59. The van der Waals surface area contributed by atoms with Crippen molar-refractivity contribution in [1.29, 1.82) is 0 Å². The third-order valence-corrected chi connectivity index (χ3v) is 4.75. The van der Waals surface area contributed by atoms with Gasteiger partial charge in [0.1, 0.15) is 5.82 Å². The Morgan fingerprint density at radius 3 is 2.72 bits per heavy atom. The molecular weight excluding hydrogens is 341 g/mol. The lowest BCUT2D eigenvalue weighted by molar-refractivity contribution is 0.0915. The molecule has 130 valence electrons. The number of aliphatic hydroxyl groups is 1. The quantitative estimate of drug-likeness (QED) is 0.735. The Labute approximate surface area is 148 Å². The minimum atomic E-state index is -0.896. The SMILES string of the molecule is Cc1cc(C(=O)NCC(O)c2ccc(F)cc2)c(C)n1-c1nccs1. The predicted octanol–water partition coefficient (Wildman–Crippen LogP) is 3.15. The van der Waals surface area contributed by atoms with E-state index in [2.05, 4.69) is 10.3 Å². The summed E-state index contributed by atoms with van der Waals surface area (Å²) >= 11 is 1.50. The Bertz CT molecular complexity index is 873. The highest BCUT2D eigenvalue weighted by Crippen LogP contribution is 2.22. The second kappa shape index (κ2) is 7.16. The molecule has 0 radical (unpaired) electrons. The number of nitrogens with zero attached hydrogens (tertiary/aromatic N) is 2. The first kappa shape index (κ1) is 17.3. The maximum absolute atomic E-state index is 12.9. The zero-order chi connectivity index (χ0) is 18.0. The number of nitrogens with one attached hydrogen (secondary N) is 1. The van der Waals surface area contributed by atoms with Gasteiger partial charge in [0.15, 0.2) is 5.13 Å². The predicted molar refractivity (Wildman–Crippen MR) is 94.6 cm³/mol. The van der Waals surface area contributed by atoms with Gasteiger partial charge in [0.05, 0.1) is 11.7 Å². The van der Waals surface area contributed by atoms with Gasteiger partial charge in [-0.1, -0.05) is 12.1 Å². The Morgan fingerprint density at radius 1 is 1.36 bits per heavy atom.